The number of aromatic nitrogens is 1. The number of para-hydroxylation sites is 1. The summed E-state index contributed by atoms with van der Waals surface area (Å²) in [5.74, 6) is 1.81. The summed E-state index contributed by atoms with van der Waals surface area (Å²) in [6, 6.07) is 28.1. The Kier molecular flexibility index (Phi) is 5.35. The molecule has 6 rings (SSSR count). The minimum atomic E-state index is -0.118. The first-order valence-electron chi connectivity index (χ1n) is 11.2. The maximum absolute atomic E-state index is 12.6. The number of carbonyl (C=O) groups is 1. The van der Waals surface area contributed by atoms with Gasteiger partial charge in [-0.25, -0.2) is 0 Å². The Bertz CT molecular complexity index is 1430. The molecule has 2 aliphatic rings. The monoisotopic (exact) mass is 463 g/mol. The van der Waals surface area contributed by atoms with Gasteiger partial charge in [-0.05, 0) is 65.7 Å². The Labute approximate surface area is 201 Å². The number of thioether (sulfide) groups is 1. The SMILES string of the molecule is O=C1NC(=N[C@H]2C[C@@H]2c2ccccc2)SC1=Cc1ccc2nccc(Oc3ccccc3)c2c1. The highest BCUT2D eigenvalue weighted by Crippen LogP contribution is 2.44. The maximum atomic E-state index is 12.6. The van der Waals surface area contributed by atoms with Crippen molar-refractivity contribution in [2.24, 2.45) is 4.99 Å². The predicted octanol–water partition coefficient (Wildman–Crippen LogP) is 6.14. The molecule has 1 aliphatic heterocycles. The number of ether oxygens (including phenoxy) is 1. The van der Waals surface area contributed by atoms with Crippen LogP contribution in [0, 0.1) is 0 Å². The smallest absolute Gasteiger partial charge is 0.264 e. The molecule has 0 unspecified atom stereocenters. The van der Waals surface area contributed by atoms with Gasteiger partial charge in [-0.3, -0.25) is 14.8 Å². The van der Waals surface area contributed by atoms with Crippen molar-refractivity contribution >= 4 is 39.8 Å². The van der Waals surface area contributed by atoms with Gasteiger partial charge in [-0.15, -0.1) is 0 Å². The molecule has 2 fully saturated rings. The highest BCUT2D eigenvalue weighted by molar-refractivity contribution is 8.18. The zero-order chi connectivity index (χ0) is 22.9. The van der Waals surface area contributed by atoms with Crippen LogP contribution in [0.5, 0.6) is 11.5 Å². The van der Waals surface area contributed by atoms with Gasteiger partial charge in [0, 0.05) is 17.5 Å². The number of benzene rings is 3. The summed E-state index contributed by atoms with van der Waals surface area (Å²) < 4.78 is 6.09. The van der Waals surface area contributed by atoms with Crippen LogP contribution in [0.4, 0.5) is 0 Å². The number of amidine groups is 1. The summed E-state index contributed by atoms with van der Waals surface area (Å²) in [6.45, 7) is 0. The van der Waals surface area contributed by atoms with E-state index in [0.29, 0.717) is 16.0 Å². The van der Waals surface area contributed by atoms with Gasteiger partial charge in [0.1, 0.15) is 11.5 Å². The summed E-state index contributed by atoms with van der Waals surface area (Å²) in [5, 5.41) is 4.48. The molecular weight excluding hydrogens is 442 g/mol. The standard InChI is InChI=1S/C28H21N3O2S/c32-27-26(34-28(31-27)30-24-17-21(24)19-7-3-1-4-8-19)16-18-11-12-23-22(15-18)25(13-14-29-23)33-20-9-5-2-6-10-20/h1-16,21,24H,17H2,(H,30,31,32)/t21-,24+/m1/s1. The molecule has 1 saturated carbocycles. The highest BCUT2D eigenvalue weighted by Gasteiger charge is 2.39. The fraction of sp³-hybridized carbons (Fsp3) is 0.107. The van der Waals surface area contributed by atoms with E-state index in [0.717, 1.165) is 34.4 Å². The summed E-state index contributed by atoms with van der Waals surface area (Å²) in [5.41, 5.74) is 3.05. The van der Waals surface area contributed by atoms with Gasteiger partial charge in [0.15, 0.2) is 5.17 Å². The van der Waals surface area contributed by atoms with Crippen molar-refractivity contribution in [3.8, 4) is 11.5 Å². The Balaban J connectivity index is 1.23. The van der Waals surface area contributed by atoms with Crippen molar-refractivity contribution in [2.45, 2.75) is 18.4 Å². The van der Waals surface area contributed by atoms with Crippen molar-refractivity contribution < 1.29 is 9.53 Å². The molecule has 1 aliphatic carbocycles. The van der Waals surface area contributed by atoms with E-state index in [1.807, 2.05) is 66.7 Å². The average molecular weight is 464 g/mol. The van der Waals surface area contributed by atoms with Gasteiger partial charge in [0.2, 0.25) is 0 Å². The van der Waals surface area contributed by atoms with Crippen LogP contribution in [-0.2, 0) is 4.79 Å². The highest BCUT2D eigenvalue weighted by atomic mass is 32.2. The van der Waals surface area contributed by atoms with Crippen molar-refractivity contribution in [3.63, 3.8) is 0 Å². The van der Waals surface area contributed by atoms with Crippen molar-refractivity contribution in [2.75, 3.05) is 0 Å². The van der Waals surface area contributed by atoms with Gasteiger partial charge in [-0.1, -0.05) is 54.6 Å². The lowest BCUT2D eigenvalue weighted by atomic mass is 10.1. The number of amides is 1. The zero-order valence-electron chi connectivity index (χ0n) is 18.2. The van der Waals surface area contributed by atoms with Gasteiger partial charge in [-0.2, -0.15) is 0 Å². The van der Waals surface area contributed by atoms with Crippen LogP contribution in [0.1, 0.15) is 23.5 Å². The van der Waals surface area contributed by atoms with Crippen LogP contribution in [0.25, 0.3) is 17.0 Å². The first-order valence-corrected chi connectivity index (χ1v) is 12.0. The van der Waals surface area contributed by atoms with E-state index in [1.165, 1.54) is 17.3 Å². The van der Waals surface area contributed by atoms with Crippen molar-refractivity contribution in [1.29, 1.82) is 0 Å². The second-order valence-electron chi connectivity index (χ2n) is 8.32. The van der Waals surface area contributed by atoms with Gasteiger partial charge in [0.05, 0.1) is 16.5 Å². The lowest BCUT2D eigenvalue weighted by molar-refractivity contribution is -0.115. The number of hydrogen-bond donors (Lipinski definition) is 1. The Morgan fingerprint density at radius 2 is 1.79 bits per heavy atom. The predicted molar refractivity (Wildman–Crippen MR) is 137 cm³/mol. The Morgan fingerprint density at radius 1 is 1.00 bits per heavy atom. The fourth-order valence-corrected chi connectivity index (χ4v) is 4.98. The quantitative estimate of drug-likeness (QED) is 0.361. The van der Waals surface area contributed by atoms with E-state index < -0.39 is 0 Å². The number of nitrogens with one attached hydrogen (secondary N) is 1. The summed E-state index contributed by atoms with van der Waals surface area (Å²) in [6.07, 6.45) is 4.65. The molecule has 166 valence electrons. The van der Waals surface area contributed by atoms with Crippen molar-refractivity contribution in [3.05, 3.63) is 107 Å². The summed E-state index contributed by atoms with van der Waals surface area (Å²) >= 11 is 1.39. The van der Waals surface area contributed by atoms with Gasteiger partial charge in [0.25, 0.3) is 5.91 Å². The van der Waals surface area contributed by atoms with E-state index in [4.69, 9.17) is 9.73 Å². The lowest BCUT2D eigenvalue weighted by Gasteiger charge is -2.09. The molecule has 34 heavy (non-hydrogen) atoms. The molecular formula is C28H21N3O2S. The van der Waals surface area contributed by atoms with E-state index in [1.54, 1.807) is 6.20 Å². The molecule has 0 bridgehead atoms. The molecule has 0 radical (unpaired) electrons. The molecule has 0 spiro atoms. The zero-order valence-corrected chi connectivity index (χ0v) is 19.0. The minimum absolute atomic E-state index is 0.118. The summed E-state index contributed by atoms with van der Waals surface area (Å²) in [7, 11) is 0. The van der Waals surface area contributed by atoms with E-state index in [9.17, 15) is 4.79 Å². The van der Waals surface area contributed by atoms with Crippen LogP contribution in [0.3, 0.4) is 0 Å². The third-order valence-electron chi connectivity index (χ3n) is 5.91. The topological polar surface area (TPSA) is 63.6 Å². The van der Waals surface area contributed by atoms with Crippen LogP contribution < -0.4 is 10.1 Å². The Morgan fingerprint density at radius 3 is 2.62 bits per heavy atom. The van der Waals surface area contributed by atoms with Gasteiger partial charge < -0.3 is 10.1 Å². The molecule has 6 heteroatoms. The third kappa shape index (κ3) is 4.32. The number of hydrogen-bond acceptors (Lipinski definition) is 5. The summed E-state index contributed by atoms with van der Waals surface area (Å²) in [4.78, 5) is 22.5. The number of pyridine rings is 1. The molecule has 1 amide bonds. The molecule has 1 aromatic heterocycles. The lowest BCUT2D eigenvalue weighted by Crippen LogP contribution is -2.20. The molecule has 4 aromatic rings. The largest absolute Gasteiger partial charge is 0.457 e. The van der Waals surface area contributed by atoms with Crippen LogP contribution in [-0.4, -0.2) is 22.1 Å². The number of aliphatic imine (C=N–C) groups is 1. The number of rotatable bonds is 5. The fourth-order valence-electron chi connectivity index (χ4n) is 4.11. The first kappa shape index (κ1) is 20.7. The molecule has 2 atom stereocenters. The molecule has 3 aromatic carbocycles. The van der Waals surface area contributed by atoms with E-state index >= 15 is 0 Å². The van der Waals surface area contributed by atoms with Crippen molar-refractivity contribution in [1.82, 2.24) is 10.3 Å². The average Bonchev–Trinajstić information content (AvgIpc) is 3.55. The Hall–Kier alpha value is -3.90. The number of nitrogens with zero attached hydrogens (tertiary/aromatic N) is 2. The second-order valence-corrected chi connectivity index (χ2v) is 9.35. The van der Waals surface area contributed by atoms with E-state index in [2.05, 4.69) is 34.6 Å². The van der Waals surface area contributed by atoms with Gasteiger partial charge >= 0.3 is 0 Å². The third-order valence-corrected chi connectivity index (χ3v) is 6.84. The van der Waals surface area contributed by atoms with Crippen LogP contribution >= 0.6 is 11.8 Å². The minimum Gasteiger partial charge on any atom is -0.457 e. The number of fused-ring (bicyclic) bond motifs is 1. The molecule has 1 saturated heterocycles. The normalized spacial score (nSPS) is 21.7. The maximum Gasteiger partial charge on any atom is 0.264 e. The van der Waals surface area contributed by atoms with E-state index in [-0.39, 0.29) is 11.9 Å². The molecule has 2 heterocycles. The number of carbonyl (C=O) groups excluding carboxylic acids is 1. The van der Waals surface area contributed by atoms with Crippen LogP contribution in [0.2, 0.25) is 0 Å². The second kappa shape index (κ2) is 8.80. The molecule has 1 N–H and O–H groups in total. The van der Waals surface area contributed by atoms with Crippen LogP contribution in [0.15, 0.2) is 101 Å². The first-order chi connectivity index (χ1) is 16.7. The molecule has 5 nitrogen and oxygen atoms in total.